The molecule has 18 heavy (non-hydrogen) atoms. The molecule has 3 N–H and O–H groups in total. The van der Waals surface area contributed by atoms with Crippen molar-refractivity contribution >= 4 is 23.3 Å². The van der Waals surface area contributed by atoms with Gasteiger partial charge in [-0.05, 0) is 18.2 Å². The molecule has 0 heterocycles. The van der Waals surface area contributed by atoms with E-state index in [9.17, 15) is 4.79 Å². The van der Waals surface area contributed by atoms with Crippen LogP contribution in [0.1, 0.15) is 17.3 Å². The molecule has 0 saturated heterocycles. The molecule has 0 aromatic heterocycles. The van der Waals surface area contributed by atoms with E-state index < -0.39 is 0 Å². The van der Waals surface area contributed by atoms with Crippen molar-refractivity contribution in [3.63, 3.8) is 0 Å². The minimum absolute atomic E-state index is 0.0979. The lowest BCUT2D eigenvalue weighted by molar-refractivity contribution is 0.0786. The molecule has 6 heteroatoms. The predicted molar refractivity (Wildman–Crippen MR) is 71.0 cm³/mol. The molecule has 0 fully saturated rings. The fourth-order valence-corrected chi connectivity index (χ4v) is 1.72. The highest BCUT2D eigenvalue weighted by Gasteiger charge is 2.16. The molecule has 0 radical (unpaired) electrons. The van der Waals surface area contributed by atoms with E-state index >= 15 is 0 Å². The van der Waals surface area contributed by atoms with Crippen LogP contribution in [-0.4, -0.2) is 35.4 Å². The molecule has 5 nitrogen and oxygen atoms in total. The molecule has 0 spiro atoms. The summed E-state index contributed by atoms with van der Waals surface area (Å²) in [5.41, 5.74) is 5.98. The summed E-state index contributed by atoms with van der Waals surface area (Å²) in [6.07, 6.45) is 0. The number of oxime groups is 1. The monoisotopic (exact) mass is 269 g/mol. The third-order valence-corrected chi connectivity index (χ3v) is 2.82. The summed E-state index contributed by atoms with van der Waals surface area (Å²) in [4.78, 5) is 13.6. The largest absolute Gasteiger partial charge is 0.409 e. The fourth-order valence-electron chi connectivity index (χ4n) is 1.53. The van der Waals surface area contributed by atoms with Gasteiger partial charge in [0.1, 0.15) is 5.84 Å². The minimum atomic E-state index is -0.219. The van der Waals surface area contributed by atoms with Gasteiger partial charge in [-0.15, -0.1) is 0 Å². The highest BCUT2D eigenvalue weighted by atomic mass is 35.5. The molecule has 0 aliphatic carbocycles. The first kappa shape index (κ1) is 14.3. The summed E-state index contributed by atoms with van der Waals surface area (Å²) in [5, 5.41) is 12.0. The van der Waals surface area contributed by atoms with E-state index in [0.29, 0.717) is 17.1 Å². The Kier molecular flexibility index (Phi) is 4.97. The first-order chi connectivity index (χ1) is 8.45. The van der Waals surface area contributed by atoms with Gasteiger partial charge >= 0.3 is 0 Å². The SMILES string of the molecule is CC(CN(C)C(=O)c1cccc(Cl)c1)/C(N)=N/O. The standard InChI is InChI=1S/C12H16ClN3O2/c1-8(11(14)15-18)7-16(2)12(17)9-4-3-5-10(13)6-9/h3-6,8,18H,7H2,1-2H3,(H2,14,15). The summed E-state index contributed by atoms with van der Waals surface area (Å²) in [6.45, 7) is 2.14. The van der Waals surface area contributed by atoms with Crippen LogP contribution >= 0.6 is 11.6 Å². The van der Waals surface area contributed by atoms with Crippen molar-refractivity contribution < 1.29 is 10.0 Å². The van der Waals surface area contributed by atoms with Crippen LogP contribution in [0.4, 0.5) is 0 Å². The first-order valence-electron chi connectivity index (χ1n) is 5.44. The second-order valence-corrected chi connectivity index (χ2v) is 4.56. The van der Waals surface area contributed by atoms with Crippen LogP contribution in [0.2, 0.25) is 5.02 Å². The van der Waals surface area contributed by atoms with Crippen LogP contribution in [-0.2, 0) is 0 Å². The summed E-state index contributed by atoms with van der Waals surface area (Å²) >= 11 is 5.83. The lowest BCUT2D eigenvalue weighted by Crippen LogP contribution is -2.36. The Morgan fingerprint density at radius 2 is 2.28 bits per heavy atom. The van der Waals surface area contributed by atoms with Gasteiger partial charge in [-0.25, -0.2) is 0 Å². The van der Waals surface area contributed by atoms with Gasteiger partial charge in [0.05, 0.1) is 0 Å². The lowest BCUT2D eigenvalue weighted by atomic mass is 10.1. The number of hydrogen-bond acceptors (Lipinski definition) is 3. The minimum Gasteiger partial charge on any atom is -0.409 e. The normalized spacial score (nSPS) is 13.2. The number of halogens is 1. The van der Waals surface area contributed by atoms with E-state index in [2.05, 4.69) is 5.16 Å². The number of nitrogens with zero attached hydrogens (tertiary/aromatic N) is 2. The third-order valence-electron chi connectivity index (χ3n) is 2.59. The van der Waals surface area contributed by atoms with Crippen molar-refractivity contribution in [1.82, 2.24) is 4.90 Å². The second kappa shape index (κ2) is 6.26. The number of rotatable bonds is 4. The van der Waals surface area contributed by atoms with Crippen molar-refractivity contribution in [2.45, 2.75) is 6.92 Å². The van der Waals surface area contributed by atoms with Crippen molar-refractivity contribution in [2.75, 3.05) is 13.6 Å². The van der Waals surface area contributed by atoms with Gasteiger partial charge in [-0.2, -0.15) is 0 Å². The van der Waals surface area contributed by atoms with E-state index in [-0.39, 0.29) is 17.7 Å². The van der Waals surface area contributed by atoms with Crippen LogP contribution < -0.4 is 5.73 Å². The molecule has 1 aromatic carbocycles. The Bertz CT molecular complexity index is 462. The van der Waals surface area contributed by atoms with Crippen LogP contribution in [0.25, 0.3) is 0 Å². The van der Waals surface area contributed by atoms with E-state index in [0.717, 1.165) is 0 Å². The van der Waals surface area contributed by atoms with Gasteiger partial charge < -0.3 is 15.8 Å². The van der Waals surface area contributed by atoms with Gasteiger partial charge in [0.15, 0.2) is 0 Å². The number of amides is 1. The van der Waals surface area contributed by atoms with Gasteiger partial charge in [0.2, 0.25) is 0 Å². The smallest absolute Gasteiger partial charge is 0.253 e. The molecular formula is C12H16ClN3O2. The number of hydrogen-bond donors (Lipinski definition) is 2. The molecule has 1 atom stereocenters. The number of carbonyl (C=O) groups excluding carboxylic acids is 1. The molecule has 0 bridgehead atoms. The molecule has 1 amide bonds. The average molecular weight is 270 g/mol. The number of carbonyl (C=O) groups is 1. The number of benzene rings is 1. The van der Waals surface area contributed by atoms with Crippen molar-refractivity contribution in [3.8, 4) is 0 Å². The van der Waals surface area contributed by atoms with E-state index in [1.165, 1.54) is 4.90 Å². The molecule has 0 aliphatic rings. The van der Waals surface area contributed by atoms with E-state index in [4.69, 9.17) is 22.5 Å². The predicted octanol–water partition coefficient (Wildman–Crippen LogP) is 1.79. The Labute approximate surface area is 111 Å². The van der Waals surface area contributed by atoms with E-state index in [1.807, 2.05) is 0 Å². The zero-order valence-electron chi connectivity index (χ0n) is 10.3. The Morgan fingerprint density at radius 1 is 1.61 bits per heavy atom. The Morgan fingerprint density at radius 3 is 2.83 bits per heavy atom. The van der Waals surface area contributed by atoms with Crippen LogP contribution in [0, 0.1) is 5.92 Å². The van der Waals surface area contributed by atoms with Crippen molar-refractivity contribution in [1.29, 1.82) is 0 Å². The van der Waals surface area contributed by atoms with E-state index in [1.54, 1.807) is 38.2 Å². The molecule has 0 aliphatic heterocycles. The summed E-state index contributed by atoms with van der Waals surface area (Å²) < 4.78 is 0. The van der Waals surface area contributed by atoms with Crippen molar-refractivity contribution in [2.24, 2.45) is 16.8 Å². The maximum atomic E-state index is 12.1. The topological polar surface area (TPSA) is 78.9 Å². The molecule has 98 valence electrons. The zero-order valence-corrected chi connectivity index (χ0v) is 11.1. The fraction of sp³-hybridized carbons (Fsp3) is 0.333. The Hall–Kier alpha value is -1.75. The lowest BCUT2D eigenvalue weighted by Gasteiger charge is -2.21. The van der Waals surface area contributed by atoms with Gasteiger partial charge in [-0.1, -0.05) is 29.7 Å². The molecule has 1 aromatic rings. The maximum Gasteiger partial charge on any atom is 0.253 e. The van der Waals surface area contributed by atoms with Crippen molar-refractivity contribution in [3.05, 3.63) is 34.9 Å². The first-order valence-corrected chi connectivity index (χ1v) is 5.82. The van der Waals surface area contributed by atoms with Crippen LogP contribution in [0.15, 0.2) is 29.4 Å². The average Bonchev–Trinajstić information content (AvgIpc) is 2.36. The quantitative estimate of drug-likeness (QED) is 0.379. The number of amidine groups is 1. The summed E-state index contributed by atoms with van der Waals surface area (Å²) in [6, 6.07) is 6.72. The Balaban J connectivity index is 2.73. The highest BCUT2D eigenvalue weighted by Crippen LogP contribution is 2.13. The number of nitrogens with two attached hydrogens (primary N) is 1. The molecular weight excluding hydrogens is 254 g/mol. The van der Waals surface area contributed by atoms with Gasteiger partial charge in [-0.3, -0.25) is 4.79 Å². The zero-order chi connectivity index (χ0) is 13.7. The molecule has 0 saturated carbocycles. The maximum absolute atomic E-state index is 12.1. The highest BCUT2D eigenvalue weighted by molar-refractivity contribution is 6.30. The molecule has 1 rings (SSSR count). The van der Waals surface area contributed by atoms with Gasteiger partial charge in [0.25, 0.3) is 5.91 Å². The summed E-state index contributed by atoms with van der Waals surface area (Å²) in [7, 11) is 1.66. The van der Waals surface area contributed by atoms with Gasteiger partial charge in [0, 0.05) is 30.1 Å². The van der Waals surface area contributed by atoms with Crippen LogP contribution in [0.3, 0.4) is 0 Å². The third kappa shape index (κ3) is 3.63. The molecule has 1 unspecified atom stereocenters. The second-order valence-electron chi connectivity index (χ2n) is 4.12. The van der Waals surface area contributed by atoms with Crippen LogP contribution in [0.5, 0.6) is 0 Å². The summed E-state index contributed by atoms with van der Waals surface area (Å²) in [5.74, 6) is -0.279.